The number of rotatable bonds is 1. The quantitative estimate of drug-likeness (QED) is 0.712. The second-order valence-electron chi connectivity index (χ2n) is 5.66. The van der Waals surface area contributed by atoms with Crippen LogP contribution in [0.5, 0.6) is 0 Å². The van der Waals surface area contributed by atoms with Crippen molar-refractivity contribution in [3.05, 3.63) is 0 Å². The minimum atomic E-state index is 0.0870. The molecule has 3 nitrogen and oxygen atoms in total. The summed E-state index contributed by atoms with van der Waals surface area (Å²) in [6, 6.07) is 0.516. The Labute approximate surface area is 93.2 Å². The third kappa shape index (κ3) is 3.73. The van der Waals surface area contributed by atoms with Crippen LogP contribution in [0.1, 0.15) is 46.5 Å². The summed E-state index contributed by atoms with van der Waals surface area (Å²) in [5.41, 5.74) is 0.300. The Hall–Kier alpha value is -0.730. The van der Waals surface area contributed by atoms with Gasteiger partial charge in [0.15, 0.2) is 0 Å². The molecule has 0 radical (unpaired) electrons. The Morgan fingerprint density at radius 1 is 1.40 bits per heavy atom. The average Bonchev–Trinajstić information content (AvgIpc) is 2.15. The Morgan fingerprint density at radius 2 is 2.07 bits per heavy atom. The topological polar surface area (TPSA) is 32.3 Å². The van der Waals surface area contributed by atoms with Crippen LogP contribution in [0.3, 0.4) is 0 Å². The lowest BCUT2D eigenvalue weighted by atomic mass is 9.84. The van der Waals surface area contributed by atoms with E-state index in [0.29, 0.717) is 11.5 Å². The first kappa shape index (κ1) is 12.3. The Kier molecular flexibility index (Phi) is 4.00. The molecule has 1 unspecified atom stereocenters. The molecular formula is C12H24N2O. The number of urea groups is 1. The van der Waals surface area contributed by atoms with Crippen LogP contribution < -0.4 is 5.32 Å². The second kappa shape index (κ2) is 4.86. The predicted molar refractivity (Wildman–Crippen MR) is 62.9 cm³/mol. The van der Waals surface area contributed by atoms with Crippen LogP contribution in [0, 0.1) is 5.41 Å². The van der Waals surface area contributed by atoms with Crippen molar-refractivity contribution in [2.24, 2.45) is 5.41 Å². The molecular weight excluding hydrogens is 188 g/mol. The maximum absolute atomic E-state index is 11.7. The summed E-state index contributed by atoms with van der Waals surface area (Å²) < 4.78 is 0. The van der Waals surface area contributed by atoms with Crippen molar-refractivity contribution in [2.75, 3.05) is 13.6 Å². The van der Waals surface area contributed by atoms with Crippen molar-refractivity contribution >= 4 is 6.03 Å². The van der Waals surface area contributed by atoms with E-state index in [1.807, 2.05) is 4.90 Å². The number of nitrogens with one attached hydrogen (secondary N) is 1. The van der Waals surface area contributed by atoms with E-state index in [9.17, 15) is 4.79 Å². The van der Waals surface area contributed by atoms with Crippen LogP contribution in [0.4, 0.5) is 4.79 Å². The van der Waals surface area contributed by atoms with Gasteiger partial charge in [-0.1, -0.05) is 20.8 Å². The van der Waals surface area contributed by atoms with Gasteiger partial charge in [-0.05, 0) is 31.1 Å². The van der Waals surface area contributed by atoms with Gasteiger partial charge in [-0.25, -0.2) is 4.79 Å². The third-order valence-corrected chi connectivity index (χ3v) is 2.95. The zero-order valence-corrected chi connectivity index (χ0v) is 10.5. The molecule has 0 aromatic rings. The summed E-state index contributed by atoms with van der Waals surface area (Å²) in [5.74, 6) is 0. The lowest BCUT2D eigenvalue weighted by Gasteiger charge is -2.38. The summed E-state index contributed by atoms with van der Waals surface area (Å²) >= 11 is 0. The van der Waals surface area contributed by atoms with Crippen molar-refractivity contribution in [3.63, 3.8) is 0 Å². The standard InChI is InChI=1S/C12H24N2O/c1-12(2,3)9-10-7-5-6-8-14(10)11(15)13-4/h10H,5-9H2,1-4H3,(H,13,15). The van der Waals surface area contributed by atoms with Crippen LogP contribution in [-0.4, -0.2) is 30.6 Å². The minimum absolute atomic E-state index is 0.0870. The largest absolute Gasteiger partial charge is 0.341 e. The zero-order valence-electron chi connectivity index (χ0n) is 10.5. The normalized spacial score (nSPS) is 22.7. The van der Waals surface area contributed by atoms with Gasteiger partial charge in [0.05, 0.1) is 0 Å². The monoisotopic (exact) mass is 212 g/mol. The molecule has 1 aliphatic heterocycles. The molecule has 0 bridgehead atoms. The predicted octanol–water partition coefficient (Wildman–Crippen LogP) is 2.62. The summed E-state index contributed by atoms with van der Waals surface area (Å²) in [6.45, 7) is 7.64. The average molecular weight is 212 g/mol. The molecule has 1 aliphatic rings. The fourth-order valence-corrected chi connectivity index (χ4v) is 2.33. The SMILES string of the molecule is CNC(=O)N1CCCCC1CC(C)(C)C. The lowest BCUT2D eigenvalue weighted by Crippen LogP contribution is -2.48. The fraction of sp³-hybridized carbons (Fsp3) is 0.917. The van der Waals surface area contributed by atoms with E-state index in [1.54, 1.807) is 7.05 Å². The second-order valence-corrected chi connectivity index (χ2v) is 5.66. The van der Waals surface area contributed by atoms with Crippen molar-refractivity contribution in [1.29, 1.82) is 0 Å². The molecule has 1 N–H and O–H groups in total. The Bertz CT molecular complexity index is 220. The highest BCUT2D eigenvalue weighted by Gasteiger charge is 2.29. The highest BCUT2D eigenvalue weighted by molar-refractivity contribution is 5.74. The molecule has 15 heavy (non-hydrogen) atoms. The molecule has 3 heteroatoms. The first-order valence-electron chi connectivity index (χ1n) is 5.92. The third-order valence-electron chi connectivity index (χ3n) is 2.95. The molecule has 1 saturated heterocycles. The summed E-state index contributed by atoms with van der Waals surface area (Å²) in [5, 5.41) is 2.74. The maximum atomic E-state index is 11.7. The number of piperidine rings is 1. The number of nitrogens with zero attached hydrogens (tertiary/aromatic N) is 1. The molecule has 1 fully saturated rings. The fourth-order valence-electron chi connectivity index (χ4n) is 2.33. The van der Waals surface area contributed by atoms with Crippen LogP contribution >= 0.6 is 0 Å². The summed E-state index contributed by atoms with van der Waals surface area (Å²) in [7, 11) is 1.71. The van der Waals surface area contributed by atoms with E-state index in [0.717, 1.165) is 25.8 Å². The first-order chi connectivity index (χ1) is 6.94. The summed E-state index contributed by atoms with van der Waals surface area (Å²) in [4.78, 5) is 13.7. The van der Waals surface area contributed by atoms with E-state index in [1.165, 1.54) is 6.42 Å². The van der Waals surface area contributed by atoms with Gasteiger partial charge in [0.25, 0.3) is 0 Å². The van der Waals surface area contributed by atoms with Gasteiger partial charge in [-0.2, -0.15) is 0 Å². The molecule has 0 spiro atoms. The number of hydrogen-bond donors (Lipinski definition) is 1. The summed E-state index contributed by atoms with van der Waals surface area (Å²) in [6.07, 6.45) is 4.66. The van der Waals surface area contributed by atoms with E-state index < -0.39 is 0 Å². The number of likely N-dealkylation sites (tertiary alicyclic amines) is 1. The van der Waals surface area contributed by atoms with E-state index in [4.69, 9.17) is 0 Å². The number of carbonyl (C=O) groups excluding carboxylic acids is 1. The molecule has 0 aliphatic carbocycles. The number of hydrogen-bond acceptors (Lipinski definition) is 1. The first-order valence-corrected chi connectivity index (χ1v) is 5.92. The number of carbonyl (C=O) groups is 1. The van der Waals surface area contributed by atoms with E-state index >= 15 is 0 Å². The molecule has 1 atom stereocenters. The van der Waals surface area contributed by atoms with Crippen LogP contribution in [-0.2, 0) is 0 Å². The van der Waals surface area contributed by atoms with Gasteiger partial charge < -0.3 is 10.2 Å². The number of amides is 2. The smallest absolute Gasteiger partial charge is 0.317 e. The van der Waals surface area contributed by atoms with Crippen molar-refractivity contribution < 1.29 is 4.79 Å². The maximum Gasteiger partial charge on any atom is 0.317 e. The minimum Gasteiger partial charge on any atom is -0.341 e. The van der Waals surface area contributed by atoms with Crippen molar-refractivity contribution in [3.8, 4) is 0 Å². The van der Waals surface area contributed by atoms with Crippen LogP contribution in [0.2, 0.25) is 0 Å². The lowest BCUT2D eigenvalue weighted by molar-refractivity contribution is 0.126. The van der Waals surface area contributed by atoms with Crippen molar-refractivity contribution in [2.45, 2.75) is 52.5 Å². The Morgan fingerprint density at radius 3 is 2.60 bits per heavy atom. The highest BCUT2D eigenvalue weighted by Crippen LogP contribution is 2.29. The Balaban J connectivity index is 2.61. The van der Waals surface area contributed by atoms with Gasteiger partial charge in [-0.3, -0.25) is 0 Å². The highest BCUT2D eigenvalue weighted by atomic mass is 16.2. The molecule has 0 aromatic carbocycles. The zero-order chi connectivity index (χ0) is 11.5. The molecule has 0 aromatic heterocycles. The van der Waals surface area contributed by atoms with Gasteiger partial charge in [0.2, 0.25) is 0 Å². The van der Waals surface area contributed by atoms with Gasteiger partial charge >= 0.3 is 6.03 Å². The molecule has 88 valence electrons. The van der Waals surface area contributed by atoms with Crippen LogP contribution in [0.15, 0.2) is 0 Å². The molecule has 0 saturated carbocycles. The van der Waals surface area contributed by atoms with Gasteiger partial charge in [0, 0.05) is 19.6 Å². The van der Waals surface area contributed by atoms with Gasteiger partial charge in [-0.15, -0.1) is 0 Å². The van der Waals surface area contributed by atoms with Gasteiger partial charge in [0.1, 0.15) is 0 Å². The van der Waals surface area contributed by atoms with Crippen molar-refractivity contribution in [1.82, 2.24) is 10.2 Å². The molecule has 1 heterocycles. The van der Waals surface area contributed by atoms with E-state index in [-0.39, 0.29) is 6.03 Å². The van der Waals surface area contributed by atoms with E-state index in [2.05, 4.69) is 26.1 Å². The molecule has 2 amide bonds. The molecule has 1 rings (SSSR count). The van der Waals surface area contributed by atoms with Crippen LogP contribution in [0.25, 0.3) is 0 Å².